The molecule has 1 saturated heterocycles. The minimum Gasteiger partial charge on any atom is -0.378 e. The highest BCUT2D eigenvalue weighted by atomic mass is 16.5. The molecule has 0 radical (unpaired) electrons. The smallest absolute Gasteiger partial charge is 0.272 e. The Morgan fingerprint density at radius 1 is 1.29 bits per heavy atom. The highest BCUT2D eigenvalue weighted by molar-refractivity contribution is 5.84. The molecule has 1 N–H and O–H groups in total. The summed E-state index contributed by atoms with van der Waals surface area (Å²) in [6.45, 7) is 3.29. The molecule has 1 aliphatic heterocycles. The van der Waals surface area contributed by atoms with Crippen molar-refractivity contribution in [3.8, 4) is 0 Å². The number of morpholine rings is 1. The van der Waals surface area contributed by atoms with Gasteiger partial charge in [-0.2, -0.15) is 5.10 Å². The number of hydrogen-bond donors (Lipinski definition) is 1. The molecular formula is C12H13N3O2. The topological polar surface area (TPSA) is 58.2 Å². The number of fused-ring (bicyclic) bond motifs is 1. The summed E-state index contributed by atoms with van der Waals surface area (Å²) in [6, 6.07) is 5.83. The van der Waals surface area contributed by atoms with E-state index in [1.165, 1.54) is 0 Å². The zero-order chi connectivity index (χ0) is 11.7. The zero-order valence-electron chi connectivity index (χ0n) is 9.35. The van der Waals surface area contributed by atoms with E-state index in [4.69, 9.17) is 4.74 Å². The van der Waals surface area contributed by atoms with Gasteiger partial charge in [0.05, 0.1) is 24.8 Å². The maximum Gasteiger partial charge on any atom is 0.272 e. The van der Waals surface area contributed by atoms with E-state index < -0.39 is 0 Å². The molecule has 0 bridgehead atoms. The molecule has 0 spiro atoms. The van der Waals surface area contributed by atoms with Crippen molar-refractivity contribution in [1.29, 1.82) is 0 Å². The van der Waals surface area contributed by atoms with E-state index in [0.29, 0.717) is 5.39 Å². The fourth-order valence-corrected chi connectivity index (χ4v) is 2.10. The van der Waals surface area contributed by atoms with Crippen molar-refractivity contribution in [1.82, 2.24) is 10.2 Å². The monoisotopic (exact) mass is 231 g/mol. The van der Waals surface area contributed by atoms with Crippen LogP contribution in [0.1, 0.15) is 0 Å². The molecule has 1 aromatic heterocycles. The Labute approximate surface area is 98.0 Å². The minimum atomic E-state index is -0.143. The maximum absolute atomic E-state index is 11.5. The molecule has 0 atom stereocenters. The molecule has 88 valence electrons. The molecule has 5 nitrogen and oxygen atoms in total. The third-order valence-electron chi connectivity index (χ3n) is 3.03. The van der Waals surface area contributed by atoms with E-state index in [0.717, 1.165) is 37.4 Å². The summed E-state index contributed by atoms with van der Waals surface area (Å²) in [4.78, 5) is 13.8. The van der Waals surface area contributed by atoms with Crippen molar-refractivity contribution in [2.24, 2.45) is 0 Å². The molecule has 17 heavy (non-hydrogen) atoms. The molecule has 5 heteroatoms. The number of aromatic nitrogens is 2. The van der Waals surface area contributed by atoms with E-state index >= 15 is 0 Å². The average Bonchev–Trinajstić information content (AvgIpc) is 2.40. The van der Waals surface area contributed by atoms with Crippen molar-refractivity contribution in [3.05, 3.63) is 34.7 Å². The van der Waals surface area contributed by atoms with Gasteiger partial charge in [-0.05, 0) is 18.2 Å². The van der Waals surface area contributed by atoms with Crippen molar-refractivity contribution in [3.63, 3.8) is 0 Å². The van der Waals surface area contributed by atoms with Crippen LogP contribution < -0.4 is 10.5 Å². The van der Waals surface area contributed by atoms with Gasteiger partial charge in [-0.15, -0.1) is 0 Å². The molecular weight excluding hydrogens is 218 g/mol. The number of H-pyrrole nitrogens is 1. The summed E-state index contributed by atoms with van der Waals surface area (Å²) in [5, 5.41) is 7.80. The maximum atomic E-state index is 11.5. The second-order valence-electron chi connectivity index (χ2n) is 4.07. The van der Waals surface area contributed by atoms with Crippen molar-refractivity contribution in [2.45, 2.75) is 0 Å². The molecule has 3 rings (SSSR count). The quantitative estimate of drug-likeness (QED) is 0.787. The Bertz CT molecular complexity index is 588. The lowest BCUT2D eigenvalue weighted by Gasteiger charge is -2.28. The molecule has 1 aromatic carbocycles. The normalized spacial score (nSPS) is 16.4. The van der Waals surface area contributed by atoms with E-state index in [2.05, 4.69) is 15.1 Å². The number of nitrogens with one attached hydrogen (secondary N) is 1. The van der Waals surface area contributed by atoms with Crippen LogP contribution in [0.5, 0.6) is 0 Å². The van der Waals surface area contributed by atoms with Crippen LogP contribution >= 0.6 is 0 Å². The second-order valence-corrected chi connectivity index (χ2v) is 4.07. The summed E-state index contributed by atoms with van der Waals surface area (Å²) in [5.41, 5.74) is 0.976. The largest absolute Gasteiger partial charge is 0.378 e. The first-order chi connectivity index (χ1) is 8.34. The highest BCUT2D eigenvalue weighted by Gasteiger charge is 2.11. The molecule has 1 fully saturated rings. The average molecular weight is 231 g/mol. The van der Waals surface area contributed by atoms with Crippen LogP contribution in [0.15, 0.2) is 29.2 Å². The van der Waals surface area contributed by atoms with Gasteiger partial charge in [0.25, 0.3) is 5.56 Å². The predicted octanol–water partition coefficient (Wildman–Crippen LogP) is 0.760. The van der Waals surface area contributed by atoms with Crippen LogP contribution in [0.25, 0.3) is 10.8 Å². The fraction of sp³-hybridized carbons (Fsp3) is 0.333. The third-order valence-corrected chi connectivity index (χ3v) is 3.03. The first kappa shape index (κ1) is 10.3. The van der Waals surface area contributed by atoms with Gasteiger partial charge in [-0.3, -0.25) is 4.79 Å². The lowest BCUT2D eigenvalue weighted by atomic mass is 10.1. The van der Waals surface area contributed by atoms with Crippen molar-refractivity contribution < 1.29 is 4.74 Å². The standard InChI is InChI=1S/C12H13N3O2/c16-12-11-2-1-10(7-9(11)8-13-14-12)15-3-5-17-6-4-15/h1-2,7-8H,3-6H2,(H,14,16). The third kappa shape index (κ3) is 1.89. The van der Waals surface area contributed by atoms with Gasteiger partial charge >= 0.3 is 0 Å². The molecule has 0 aliphatic carbocycles. The van der Waals surface area contributed by atoms with Gasteiger partial charge in [-0.25, -0.2) is 5.10 Å². The van der Waals surface area contributed by atoms with Gasteiger partial charge in [-0.1, -0.05) is 0 Å². The van der Waals surface area contributed by atoms with Crippen molar-refractivity contribution in [2.75, 3.05) is 31.2 Å². The fourth-order valence-electron chi connectivity index (χ4n) is 2.10. The SMILES string of the molecule is O=c1[nH]ncc2cc(N3CCOCC3)ccc12. The van der Waals surface area contributed by atoms with E-state index in [1.54, 1.807) is 6.20 Å². The van der Waals surface area contributed by atoms with Crippen LogP contribution in [-0.2, 0) is 4.74 Å². The number of anilines is 1. The summed E-state index contributed by atoms with van der Waals surface area (Å²) in [6.07, 6.45) is 1.68. The summed E-state index contributed by atoms with van der Waals surface area (Å²) in [5.74, 6) is 0. The second kappa shape index (κ2) is 4.18. The number of hydrogen-bond acceptors (Lipinski definition) is 4. The molecule has 1 aliphatic rings. The van der Waals surface area contributed by atoms with Gasteiger partial charge < -0.3 is 9.64 Å². The lowest BCUT2D eigenvalue weighted by molar-refractivity contribution is 0.122. The Hall–Kier alpha value is -1.88. The Morgan fingerprint density at radius 3 is 2.94 bits per heavy atom. The van der Waals surface area contributed by atoms with Gasteiger partial charge in [0.15, 0.2) is 0 Å². The Balaban J connectivity index is 2.04. The molecule has 0 unspecified atom stereocenters. The Kier molecular flexibility index (Phi) is 2.53. The van der Waals surface area contributed by atoms with Crippen molar-refractivity contribution >= 4 is 16.5 Å². The van der Waals surface area contributed by atoms with Crippen LogP contribution in [0.3, 0.4) is 0 Å². The lowest BCUT2D eigenvalue weighted by Crippen LogP contribution is -2.36. The van der Waals surface area contributed by atoms with Crippen LogP contribution in [0, 0.1) is 0 Å². The summed E-state index contributed by atoms with van der Waals surface area (Å²) < 4.78 is 5.32. The van der Waals surface area contributed by atoms with E-state index in [-0.39, 0.29) is 5.56 Å². The van der Waals surface area contributed by atoms with Crippen LogP contribution in [-0.4, -0.2) is 36.5 Å². The van der Waals surface area contributed by atoms with Gasteiger partial charge in [0.1, 0.15) is 0 Å². The van der Waals surface area contributed by atoms with E-state index in [9.17, 15) is 4.79 Å². The first-order valence-corrected chi connectivity index (χ1v) is 5.65. The van der Waals surface area contributed by atoms with Gasteiger partial charge in [0.2, 0.25) is 0 Å². The number of nitrogens with zero attached hydrogens (tertiary/aromatic N) is 2. The number of rotatable bonds is 1. The van der Waals surface area contributed by atoms with Crippen LogP contribution in [0.2, 0.25) is 0 Å². The minimum absolute atomic E-state index is 0.143. The number of ether oxygens (including phenoxy) is 1. The Morgan fingerprint density at radius 2 is 2.12 bits per heavy atom. The zero-order valence-corrected chi connectivity index (χ0v) is 9.35. The van der Waals surface area contributed by atoms with Crippen LogP contribution in [0.4, 0.5) is 5.69 Å². The molecule has 0 saturated carbocycles. The number of aromatic amines is 1. The van der Waals surface area contributed by atoms with E-state index in [1.807, 2.05) is 18.2 Å². The number of benzene rings is 1. The van der Waals surface area contributed by atoms with Gasteiger partial charge in [0, 0.05) is 24.2 Å². The first-order valence-electron chi connectivity index (χ1n) is 5.65. The predicted molar refractivity (Wildman–Crippen MR) is 65.4 cm³/mol. The molecule has 2 heterocycles. The summed E-state index contributed by atoms with van der Waals surface area (Å²) in [7, 11) is 0. The summed E-state index contributed by atoms with van der Waals surface area (Å²) >= 11 is 0. The molecule has 2 aromatic rings. The molecule has 0 amide bonds. The highest BCUT2D eigenvalue weighted by Crippen LogP contribution is 2.20.